The molecule has 2 saturated heterocycles. The van der Waals surface area contributed by atoms with Crippen molar-refractivity contribution in [3.63, 3.8) is 0 Å². The zero-order chi connectivity index (χ0) is 20.1. The quantitative estimate of drug-likeness (QED) is 0.229. The second kappa shape index (κ2) is 8.43. The SMILES string of the molecule is O=C(OC(C[SH](=O)=O)OC(=O)ON1C(=O)CCC1=O)ON1C(=O)CCC1=O. The minimum absolute atomic E-state index is 0.122. The van der Waals surface area contributed by atoms with E-state index in [4.69, 9.17) is 0 Å². The molecule has 0 N–H and O–H groups in total. The van der Waals surface area contributed by atoms with Crippen LogP contribution in [0.3, 0.4) is 0 Å². The maximum Gasteiger partial charge on any atom is 0.537 e. The molecule has 0 aromatic heterocycles. The van der Waals surface area contributed by atoms with Gasteiger partial charge in [-0.05, 0) is 0 Å². The Balaban J connectivity index is 1.93. The zero-order valence-corrected chi connectivity index (χ0v) is 14.2. The predicted octanol–water partition coefficient (Wildman–Crippen LogP) is -1.64. The summed E-state index contributed by atoms with van der Waals surface area (Å²) in [5, 5.41) is 0.243. The lowest BCUT2D eigenvalue weighted by Crippen LogP contribution is -2.37. The molecule has 0 spiro atoms. The van der Waals surface area contributed by atoms with Crippen molar-refractivity contribution in [1.82, 2.24) is 10.1 Å². The van der Waals surface area contributed by atoms with Crippen molar-refractivity contribution in [2.24, 2.45) is 0 Å². The summed E-state index contributed by atoms with van der Waals surface area (Å²) in [6.07, 6.45) is -6.27. The number of imide groups is 2. The molecule has 14 nitrogen and oxygen atoms in total. The highest BCUT2D eigenvalue weighted by Gasteiger charge is 2.36. The number of carbonyl (C=O) groups is 6. The summed E-state index contributed by atoms with van der Waals surface area (Å²) in [4.78, 5) is 77.1. The van der Waals surface area contributed by atoms with E-state index >= 15 is 0 Å². The number of amides is 4. The molecule has 2 fully saturated rings. The molecule has 0 saturated carbocycles. The smallest absolute Gasteiger partial charge is 0.391 e. The lowest BCUT2D eigenvalue weighted by Gasteiger charge is -2.18. The van der Waals surface area contributed by atoms with Crippen molar-refractivity contribution in [3.05, 3.63) is 0 Å². The van der Waals surface area contributed by atoms with E-state index in [1.54, 1.807) is 0 Å². The van der Waals surface area contributed by atoms with E-state index in [1.165, 1.54) is 0 Å². The molecule has 0 radical (unpaired) electrons. The van der Waals surface area contributed by atoms with Crippen LogP contribution in [0.25, 0.3) is 0 Å². The van der Waals surface area contributed by atoms with Crippen LogP contribution in [-0.2, 0) is 49.0 Å². The summed E-state index contributed by atoms with van der Waals surface area (Å²) in [5.41, 5.74) is 0. The molecule has 4 amide bonds. The fraction of sp³-hybridized carbons (Fsp3) is 0.500. The number of hydroxylamine groups is 4. The fourth-order valence-electron chi connectivity index (χ4n) is 1.94. The molecule has 2 rings (SSSR count). The molecule has 0 bridgehead atoms. The van der Waals surface area contributed by atoms with E-state index in [1.807, 2.05) is 0 Å². The van der Waals surface area contributed by atoms with Crippen LogP contribution >= 0.6 is 0 Å². The van der Waals surface area contributed by atoms with Gasteiger partial charge in [0.15, 0.2) is 0 Å². The number of ether oxygens (including phenoxy) is 2. The molecule has 0 aromatic carbocycles. The van der Waals surface area contributed by atoms with Gasteiger partial charge in [0.2, 0.25) is 0 Å². The van der Waals surface area contributed by atoms with Gasteiger partial charge in [0, 0.05) is 25.7 Å². The minimum atomic E-state index is -3.23. The van der Waals surface area contributed by atoms with Gasteiger partial charge in [-0.3, -0.25) is 28.9 Å². The molecule has 27 heavy (non-hydrogen) atoms. The van der Waals surface area contributed by atoms with E-state index in [-0.39, 0.29) is 35.8 Å². The third kappa shape index (κ3) is 5.37. The van der Waals surface area contributed by atoms with Crippen molar-refractivity contribution in [1.29, 1.82) is 0 Å². The summed E-state index contributed by atoms with van der Waals surface area (Å²) in [5.74, 6) is -4.32. The predicted molar refractivity (Wildman–Crippen MR) is 76.3 cm³/mol. The monoisotopic (exact) mass is 408 g/mol. The zero-order valence-electron chi connectivity index (χ0n) is 13.4. The third-order valence-corrected chi connectivity index (χ3v) is 3.69. The Bertz CT molecular complexity index is 682. The van der Waals surface area contributed by atoms with E-state index in [0.717, 1.165) is 0 Å². The maximum atomic E-state index is 11.6. The first-order valence-electron chi connectivity index (χ1n) is 7.28. The van der Waals surface area contributed by atoms with E-state index in [9.17, 15) is 37.2 Å². The second-order valence-corrected chi connectivity index (χ2v) is 6.06. The first-order chi connectivity index (χ1) is 12.7. The van der Waals surface area contributed by atoms with Crippen LogP contribution < -0.4 is 0 Å². The summed E-state index contributed by atoms with van der Waals surface area (Å²) in [6.45, 7) is 0. The standard InChI is InChI=1S/C12H12N2O12S/c15-6-1-2-7(16)13(6)25-11(19)23-10(5-27(21)22)24-12(20)26-14-8(17)3-4-9(14)18/h10,27H,1-5H2. The van der Waals surface area contributed by atoms with Crippen molar-refractivity contribution < 1.29 is 56.3 Å². The lowest BCUT2D eigenvalue weighted by molar-refractivity contribution is -0.192. The molecular weight excluding hydrogens is 396 g/mol. The van der Waals surface area contributed by atoms with Crippen LogP contribution in [-0.4, -0.2) is 66.5 Å². The van der Waals surface area contributed by atoms with Crippen molar-refractivity contribution in [2.45, 2.75) is 32.0 Å². The molecule has 2 heterocycles. The first-order valence-corrected chi connectivity index (χ1v) is 8.64. The van der Waals surface area contributed by atoms with Crippen molar-refractivity contribution in [3.8, 4) is 0 Å². The van der Waals surface area contributed by atoms with Crippen LogP contribution in [0.2, 0.25) is 0 Å². The lowest BCUT2D eigenvalue weighted by atomic mass is 10.4. The van der Waals surface area contributed by atoms with E-state index in [0.29, 0.717) is 0 Å². The van der Waals surface area contributed by atoms with Crippen LogP contribution in [0, 0.1) is 0 Å². The Labute approximate surface area is 151 Å². The van der Waals surface area contributed by atoms with Crippen LogP contribution in [0.5, 0.6) is 0 Å². The molecule has 0 aromatic rings. The van der Waals surface area contributed by atoms with Gasteiger partial charge in [-0.25, -0.2) is 18.0 Å². The highest BCUT2D eigenvalue weighted by atomic mass is 32.2. The number of carbonyl (C=O) groups excluding carboxylic acids is 6. The Morgan fingerprint density at radius 3 is 1.41 bits per heavy atom. The highest BCUT2D eigenvalue weighted by Crippen LogP contribution is 2.15. The number of nitrogens with zero attached hydrogens (tertiary/aromatic N) is 2. The summed E-state index contributed by atoms with van der Waals surface area (Å²) in [7, 11) is -3.23. The highest BCUT2D eigenvalue weighted by molar-refractivity contribution is 7.72. The van der Waals surface area contributed by atoms with Gasteiger partial charge in [-0.15, -0.1) is 0 Å². The van der Waals surface area contributed by atoms with Gasteiger partial charge in [0.1, 0.15) is 16.5 Å². The summed E-state index contributed by atoms with van der Waals surface area (Å²) >= 11 is 0. The van der Waals surface area contributed by atoms with Gasteiger partial charge in [-0.1, -0.05) is 10.1 Å². The van der Waals surface area contributed by atoms with Crippen molar-refractivity contribution in [2.75, 3.05) is 5.75 Å². The fourth-order valence-corrected chi connectivity index (χ4v) is 2.34. The third-order valence-electron chi connectivity index (χ3n) is 3.10. The molecule has 15 heteroatoms. The summed E-state index contributed by atoms with van der Waals surface area (Å²) < 4.78 is 30.4. The topological polar surface area (TPSA) is 180 Å². The van der Waals surface area contributed by atoms with Crippen LogP contribution in [0.1, 0.15) is 25.7 Å². The Hall–Kier alpha value is -3.23. The number of rotatable bonds is 6. The normalized spacial score (nSPS) is 17.1. The van der Waals surface area contributed by atoms with Gasteiger partial charge in [0.25, 0.3) is 29.9 Å². The summed E-state index contributed by atoms with van der Waals surface area (Å²) in [6, 6.07) is 0. The Kier molecular flexibility index (Phi) is 6.27. The van der Waals surface area contributed by atoms with Gasteiger partial charge >= 0.3 is 12.3 Å². The maximum absolute atomic E-state index is 11.6. The molecular formula is C12H12N2O12S. The average Bonchev–Trinajstić information content (AvgIpc) is 3.04. The van der Waals surface area contributed by atoms with Gasteiger partial charge in [0.05, 0.1) is 0 Å². The van der Waals surface area contributed by atoms with Crippen LogP contribution in [0.4, 0.5) is 9.59 Å². The molecule has 2 aliphatic rings. The Morgan fingerprint density at radius 1 is 0.778 bits per heavy atom. The van der Waals surface area contributed by atoms with E-state index in [2.05, 4.69) is 19.1 Å². The van der Waals surface area contributed by atoms with Gasteiger partial charge < -0.3 is 9.47 Å². The van der Waals surface area contributed by atoms with Crippen LogP contribution in [0.15, 0.2) is 0 Å². The minimum Gasteiger partial charge on any atom is -0.391 e. The van der Waals surface area contributed by atoms with Gasteiger partial charge in [-0.2, -0.15) is 0 Å². The molecule has 148 valence electrons. The molecule has 0 unspecified atom stereocenters. The Morgan fingerprint density at radius 2 is 1.11 bits per heavy atom. The molecule has 0 atom stereocenters. The molecule has 0 aliphatic carbocycles. The second-order valence-electron chi connectivity index (χ2n) is 5.03. The number of thiol groups is 1. The van der Waals surface area contributed by atoms with Crippen molar-refractivity contribution >= 4 is 46.6 Å². The van der Waals surface area contributed by atoms with E-state index < -0.39 is 58.7 Å². The first kappa shape index (κ1) is 20.1. The number of hydrogen-bond acceptors (Lipinski definition) is 12. The number of hydrogen-bond donors (Lipinski definition) is 1. The average molecular weight is 408 g/mol. The molecule has 2 aliphatic heterocycles. The largest absolute Gasteiger partial charge is 0.537 e.